The summed E-state index contributed by atoms with van der Waals surface area (Å²) in [5.74, 6) is 0. The van der Waals surface area contributed by atoms with Gasteiger partial charge in [0.05, 0.1) is 0 Å². The fourth-order valence-corrected chi connectivity index (χ4v) is 3.06. The minimum atomic E-state index is 0. The fraction of sp³-hybridized carbons (Fsp3) is 0.700. The quantitative estimate of drug-likeness (QED) is 0.906. The number of nitrogens with zero attached hydrogens (tertiary/aromatic N) is 1. The first kappa shape index (κ1) is 14.0. The minimum absolute atomic E-state index is 0. The molecule has 0 aromatic carbocycles. The normalized spacial score (nSPS) is 31.4. The summed E-state index contributed by atoms with van der Waals surface area (Å²) < 4.78 is 5.84. The lowest BCUT2D eigenvalue weighted by Crippen LogP contribution is -2.42. The third-order valence-corrected chi connectivity index (χ3v) is 3.77. The van der Waals surface area contributed by atoms with Crippen molar-refractivity contribution in [3.8, 4) is 5.19 Å². The molecule has 2 unspecified atom stereocenters. The predicted molar refractivity (Wildman–Crippen MR) is 70.2 cm³/mol. The van der Waals surface area contributed by atoms with Crippen molar-refractivity contribution in [1.29, 1.82) is 0 Å². The van der Waals surface area contributed by atoms with Gasteiger partial charge in [-0.05, 0) is 25.7 Å². The molecule has 2 aliphatic heterocycles. The third-order valence-electron chi connectivity index (χ3n) is 3.11. The van der Waals surface area contributed by atoms with Crippen molar-refractivity contribution < 1.29 is 4.74 Å². The van der Waals surface area contributed by atoms with Crippen LogP contribution in [0.25, 0.3) is 0 Å². The van der Waals surface area contributed by atoms with E-state index in [2.05, 4.69) is 10.3 Å². The molecule has 2 aliphatic rings. The molecule has 0 aliphatic carbocycles. The van der Waals surface area contributed by atoms with E-state index in [0.29, 0.717) is 18.2 Å². The van der Waals surface area contributed by atoms with Crippen LogP contribution in [-0.4, -0.2) is 23.2 Å². The largest absolute Gasteiger partial charge is 0.467 e. The van der Waals surface area contributed by atoms with Crippen LogP contribution >= 0.6 is 36.2 Å². The van der Waals surface area contributed by atoms with Crippen LogP contribution in [0.1, 0.15) is 25.7 Å². The number of rotatable bonds is 2. The van der Waals surface area contributed by atoms with Crippen molar-refractivity contribution >= 4 is 36.2 Å². The summed E-state index contributed by atoms with van der Waals surface area (Å²) in [4.78, 5) is 4.16. The average molecular weight is 283 g/mol. The van der Waals surface area contributed by atoms with Crippen molar-refractivity contribution in [2.24, 2.45) is 0 Å². The third kappa shape index (κ3) is 3.00. The highest BCUT2D eigenvalue weighted by Crippen LogP contribution is 2.29. The Kier molecular flexibility index (Phi) is 5.31. The van der Waals surface area contributed by atoms with Gasteiger partial charge in [-0.1, -0.05) is 11.3 Å². The number of nitrogens with one attached hydrogen (secondary N) is 1. The van der Waals surface area contributed by atoms with Gasteiger partial charge in [-0.25, -0.2) is 4.98 Å². The first-order chi connectivity index (χ1) is 6.90. The van der Waals surface area contributed by atoms with E-state index in [1.165, 1.54) is 12.8 Å². The van der Waals surface area contributed by atoms with Crippen molar-refractivity contribution in [3.05, 3.63) is 11.6 Å². The Labute approximate surface area is 112 Å². The zero-order chi connectivity index (χ0) is 9.38. The van der Waals surface area contributed by atoms with Crippen molar-refractivity contribution in [2.45, 2.75) is 43.9 Å². The number of fused-ring (bicyclic) bond motifs is 2. The van der Waals surface area contributed by atoms with Gasteiger partial charge >= 0.3 is 0 Å². The molecule has 0 spiro atoms. The maximum Gasteiger partial charge on any atom is 0.273 e. The monoisotopic (exact) mass is 282 g/mol. The lowest BCUT2D eigenvalue weighted by molar-refractivity contribution is 0.137. The number of thiazole rings is 1. The first-order valence-corrected chi connectivity index (χ1v) is 6.10. The lowest BCUT2D eigenvalue weighted by atomic mass is 10.0. The van der Waals surface area contributed by atoms with Gasteiger partial charge in [0, 0.05) is 23.7 Å². The Bertz CT molecular complexity index is 298. The number of hydrogen-bond donors (Lipinski definition) is 1. The van der Waals surface area contributed by atoms with E-state index in [1.54, 1.807) is 17.5 Å². The van der Waals surface area contributed by atoms with Gasteiger partial charge in [0.15, 0.2) is 0 Å². The molecule has 2 bridgehead atoms. The Balaban J connectivity index is 0.000000640. The Morgan fingerprint density at radius 3 is 2.50 bits per heavy atom. The van der Waals surface area contributed by atoms with Crippen LogP contribution in [0.15, 0.2) is 11.6 Å². The first-order valence-electron chi connectivity index (χ1n) is 5.22. The highest BCUT2D eigenvalue weighted by atomic mass is 35.5. The number of aromatic nitrogens is 1. The topological polar surface area (TPSA) is 34.1 Å². The van der Waals surface area contributed by atoms with E-state index in [-0.39, 0.29) is 24.8 Å². The van der Waals surface area contributed by atoms with Crippen molar-refractivity contribution in [3.63, 3.8) is 0 Å². The molecule has 1 aromatic rings. The second kappa shape index (κ2) is 6.05. The smallest absolute Gasteiger partial charge is 0.273 e. The summed E-state index contributed by atoms with van der Waals surface area (Å²) in [5.41, 5.74) is 0. The van der Waals surface area contributed by atoms with Crippen LogP contribution in [0.4, 0.5) is 0 Å². The van der Waals surface area contributed by atoms with Gasteiger partial charge < -0.3 is 10.1 Å². The molecular weight excluding hydrogens is 267 g/mol. The fourth-order valence-electron chi connectivity index (χ4n) is 2.51. The number of hydrogen-bond acceptors (Lipinski definition) is 4. The maximum atomic E-state index is 5.84. The summed E-state index contributed by atoms with van der Waals surface area (Å²) in [6.45, 7) is 0. The molecule has 2 saturated heterocycles. The zero-order valence-electron chi connectivity index (χ0n) is 8.80. The van der Waals surface area contributed by atoms with E-state index < -0.39 is 0 Å². The minimum Gasteiger partial charge on any atom is -0.467 e. The van der Waals surface area contributed by atoms with E-state index in [4.69, 9.17) is 4.74 Å². The number of piperidine rings is 1. The molecule has 0 amide bonds. The molecule has 16 heavy (non-hydrogen) atoms. The van der Waals surface area contributed by atoms with Crippen LogP contribution in [0.5, 0.6) is 5.19 Å². The molecule has 0 saturated carbocycles. The lowest BCUT2D eigenvalue weighted by Gasteiger charge is -2.28. The summed E-state index contributed by atoms with van der Waals surface area (Å²) in [7, 11) is 0. The summed E-state index contributed by atoms with van der Waals surface area (Å²) in [6, 6.07) is 1.39. The van der Waals surface area contributed by atoms with Crippen LogP contribution < -0.4 is 10.1 Å². The second-order valence-electron chi connectivity index (χ2n) is 4.15. The Morgan fingerprint density at radius 1 is 1.25 bits per heavy atom. The van der Waals surface area contributed by atoms with Gasteiger partial charge in [0.2, 0.25) is 0 Å². The average Bonchev–Trinajstić information content (AvgIpc) is 2.77. The van der Waals surface area contributed by atoms with Crippen molar-refractivity contribution in [2.75, 3.05) is 0 Å². The summed E-state index contributed by atoms with van der Waals surface area (Å²) >= 11 is 1.59. The predicted octanol–water partition coefficient (Wildman–Crippen LogP) is 2.65. The Hall–Kier alpha value is -0.0300. The molecular formula is C10H16Cl2N2OS. The molecule has 2 atom stereocenters. The molecule has 3 nitrogen and oxygen atoms in total. The summed E-state index contributed by atoms with van der Waals surface area (Å²) in [6.07, 6.45) is 7.13. The van der Waals surface area contributed by atoms with Crippen molar-refractivity contribution in [1.82, 2.24) is 10.3 Å². The van der Waals surface area contributed by atoms with E-state index in [0.717, 1.165) is 18.0 Å². The van der Waals surface area contributed by atoms with Gasteiger partial charge in [-0.3, -0.25) is 0 Å². The molecule has 6 heteroatoms. The highest BCUT2D eigenvalue weighted by molar-refractivity contribution is 7.11. The summed E-state index contributed by atoms with van der Waals surface area (Å²) in [5, 5.41) is 6.40. The molecule has 0 radical (unpaired) electrons. The molecule has 92 valence electrons. The van der Waals surface area contributed by atoms with Crippen LogP contribution in [-0.2, 0) is 0 Å². The second-order valence-corrected chi connectivity index (χ2v) is 5.00. The van der Waals surface area contributed by atoms with E-state index >= 15 is 0 Å². The molecule has 1 N–H and O–H groups in total. The van der Waals surface area contributed by atoms with Crippen LogP contribution in [0, 0.1) is 0 Å². The SMILES string of the molecule is Cl.Cl.c1csc(OC2CC3CCC(C2)N3)n1. The van der Waals surface area contributed by atoms with Gasteiger partial charge in [0.25, 0.3) is 5.19 Å². The number of halogens is 2. The van der Waals surface area contributed by atoms with E-state index in [9.17, 15) is 0 Å². The maximum absolute atomic E-state index is 5.84. The molecule has 3 heterocycles. The Morgan fingerprint density at radius 2 is 1.94 bits per heavy atom. The highest BCUT2D eigenvalue weighted by Gasteiger charge is 2.34. The van der Waals surface area contributed by atoms with E-state index in [1.807, 2.05) is 5.38 Å². The van der Waals surface area contributed by atoms with Crippen LogP contribution in [0.3, 0.4) is 0 Å². The molecule has 3 rings (SSSR count). The molecule has 1 aromatic heterocycles. The zero-order valence-corrected chi connectivity index (χ0v) is 11.2. The standard InChI is InChI=1S/C10H14N2OS.2ClH/c1-2-8-6-9(5-7(1)12-8)13-10-11-3-4-14-10;;/h3-4,7-9,12H,1-2,5-6H2;2*1H. The van der Waals surface area contributed by atoms with Gasteiger partial charge in [-0.2, -0.15) is 0 Å². The number of ether oxygens (including phenoxy) is 1. The van der Waals surface area contributed by atoms with Crippen LogP contribution in [0.2, 0.25) is 0 Å². The van der Waals surface area contributed by atoms with Gasteiger partial charge in [0.1, 0.15) is 6.10 Å². The molecule has 2 fully saturated rings. The van der Waals surface area contributed by atoms with Gasteiger partial charge in [-0.15, -0.1) is 24.8 Å².